The van der Waals surface area contributed by atoms with Crippen LogP contribution in [0, 0.1) is 0 Å². The first-order valence-electron chi connectivity index (χ1n) is 5.14. The molecule has 0 N–H and O–H groups in total. The second-order valence-electron chi connectivity index (χ2n) is 4.62. The van der Waals surface area contributed by atoms with Gasteiger partial charge in [0.2, 0.25) is 0 Å². The van der Waals surface area contributed by atoms with Gasteiger partial charge in [-0.25, -0.2) is 0 Å². The summed E-state index contributed by atoms with van der Waals surface area (Å²) in [4.78, 5) is 0. The van der Waals surface area contributed by atoms with Crippen molar-refractivity contribution < 1.29 is 17.7 Å². The van der Waals surface area contributed by atoms with Crippen molar-refractivity contribution in [2.75, 3.05) is 21.3 Å². The molecule has 0 unspecified atom stereocenters. The first-order chi connectivity index (χ1) is 7.41. The SMILES string of the molecule is CO[Si](OC)(OC)c1cocc1[Si](C)(C)C. The number of furan rings is 1. The van der Waals surface area contributed by atoms with Gasteiger partial charge in [0, 0.05) is 21.3 Å². The third kappa shape index (κ3) is 2.30. The van der Waals surface area contributed by atoms with Crippen LogP contribution in [0.3, 0.4) is 0 Å². The van der Waals surface area contributed by atoms with Gasteiger partial charge in [0.25, 0.3) is 0 Å². The first-order valence-corrected chi connectivity index (χ1v) is 10.4. The first kappa shape index (κ1) is 13.7. The number of hydrogen-bond donors (Lipinski definition) is 0. The summed E-state index contributed by atoms with van der Waals surface area (Å²) in [5.74, 6) is 0. The standard InChI is InChI=1S/C10H20O4Si2/c1-11-16(12-2,13-3)10-8-14-7-9(10)15(4,5)6/h7-8H,1-6H3. The number of rotatable bonds is 5. The van der Waals surface area contributed by atoms with E-state index in [0.717, 1.165) is 5.19 Å². The molecule has 1 heterocycles. The second kappa shape index (κ2) is 4.84. The Balaban J connectivity index is 3.26. The molecule has 1 rings (SSSR count). The van der Waals surface area contributed by atoms with Crippen molar-refractivity contribution in [3.63, 3.8) is 0 Å². The van der Waals surface area contributed by atoms with Crippen molar-refractivity contribution in [2.24, 2.45) is 0 Å². The molecule has 0 aliphatic rings. The zero-order chi connectivity index (χ0) is 12.4. The summed E-state index contributed by atoms with van der Waals surface area (Å²) in [7, 11) is 0.596. The maximum Gasteiger partial charge on any atom is 0.539 e. The van der Waals surface area contributed by atoms with Gasteiger partial charge in [-0.3, -0.25) is 0 Å². The van der Waals surface area contributed by atoms with Gasteiger partial charge >= 0.3 is 8.80 Å². The Morgan fingerprint density at radius 3 is 1.69 bits per heavy atom. The van der Waals surface area contributed by atoms with E-state index in [2.05, 4.69) is 19.6 Å². The summed E-state index contributed by atoms with van der Waals surface area (Å²) in [6.45, 7) is 6.75. The molecule has 1 aromatic rings. The minimum atomic E-state index is -2.75. The molecule has 4 nitrogen and oxygen atoms in total. The van der Waals surface area contributed by atoms with Crippen LogP contribution in [0.25, 0.3) is 0 Å². The van der Waals surface area contributed by atoms with Gasteiger partial charge in [-0.15, -0.1) is 0 Å². The quantitative estimate of drug-likeness (QED) is 0.738. The summed E-state index contributed by atoms with van der Waals surface area (Å²) < 4.78 is 21.7. The van der Waals surface area contributed by atoms with Gasteiger partial charge in [-0.1, -0.05) is 19.6 Å². The van der Waals surface area contributed by atoms with Crippen molar-refractivity contribution in [3.8, 4) is 0 Å². The summed E-state index contributed by atoms with van der Waals surface area (Å²) in [6, 6.07) is 0. The van der Waals surface area contributed by atoms with Gasteiger partial charge in [-0.2, -0.15) is 0 Å². The zero-order valence-corrected chi connectivity index (χ0v) is 12.8. The maximum absolute atomic E-state index is 5.47. The Hall–Kier alpha value is -0.406. The molecule has 0 saturated heterocycles. The van der Waals surface area contributed by atoms with Crippen LogP contribution in [-0.2, 0) is 13.3 Å². The summed E-state index contributed by atoms with van der Waals surface area (Å²) >= 11 is 0. The number of hydrogen-bond acceptors (Lipinski definition) is 4. The van der Waals surface area contributed by atoms with E-state index in [-0.39, 0.29) is 0 Å². The highest BCUT2D eigenvalue weighted by atomic mass is 28.4. The Bertz CT molecular complexity index is 331. The van der Waals surface area contributed by atoms with E-state index < -0.39 is 16.9 Å². The third-order valence-corrected chi connectivity index (χ3v) is 7.52. The molecule has 0 bridgehead atoms. The topological polar surface area (TPSA) is 40.8 Å². The monoisotopic (exact) mass is 260 g/mol. The Labute approximate surface area is 98.9 Å². The van der Waals surface area contributed by atoms with Gasteiger partial charge in [0.05, 0.1) is 25.8 Å². The summed E-state index contributed by atoms with van der Waals surface area (Å²) in [5.41, 5.74) is 0. The van der Waals surface area contributed by atoms with Crippen LogP contribution in [0.2, 0.25) is 19.6 Å². The maximum atomic E-state index is 5.47. The lowest BCUT2D eigenvalue weighted by molar-refractivity contribution is 0.140. The highest BCUT2D eigenvalue weighted by molar-refractivity contribution is 6.94. The fraction of sp³-hybridized carbons (Fsp3) is 0.600. The lowest BCUT2D eigenvalue weighted by atomic mass is 10.6. The predicted octanol–water partition coefficient (Wildman–Crippen LogP) is 0.910. The van der Waals surface area contributed by atoms with E-state index in [9.17, 15) is 0 Å². The van der Waals surface area contributed by atoms with Crippen LogP contribution in [0.1, 0.15) is 0 Å². The lowest BCUT2D eigenvalue weighted by Gasteiger charge is -2.26. The molecule has 16 heavy (non-hydrogen) atoms. The molecular weight excluding hydrogens is 240 g/mol. The van der Waals surface area contributed by atoms with Crippen LogP contribution in [0.5, 0.6) is 0 Å². The summed E-state index contributed by atoms with van der Waals surface area (Å²) in [5, 5.41) is 2.16. The molecule has 0 amide bonds. The second-order valence-corrected chi connectivity index (χ2v) is 12.5. The molecule has 0 aliphatic heterocycles. The highest BCUT2D eigenvalue weighted by Crippen LogP contribution is 2.10. The highest BCUT2D eigenvalue weighted by Gasteiger charge is 2.45. The normalized spacial score (nSPS) is 13.1. The van der Waals surface area contributed by atoms with Crippen LogP contribution in [0.4, 0.5) is 0 Å². The molecule has 0 aliphatic carbocycles. The van der Waals surface area contributed by atoms with E-state index in [4.69, 9.17) is 17.7 Å². The smallest absolute Gasteiger partial charge is 0.473 e. The van der Waals surface area contributed by atoms with E-state index >= 15 is 0 Å². The average Bonchev–Trinajstić information content (AvgIpc) is 2.70. The molecule has 0 atom stereocenters. The Kier molecular flexibility index (Phi) is 4.14. The van der Waals surface area contributed by atoms with E-state index in [0.29, 0.717) is 0 Å². The van der Waals surface area contributed by atoms with Crippen molar-refractivity contribution in [1.82, 2.24) is 0 Å². The molecule has 92 valence electrons. The van der Waals surface area contributed by atoms with Crippen molar-refractivity contribution >= 4 is 27.3 Å². The minimum Gasteiger partial charge on any atom is -0.473 e. The molecule has 1 aromatic heterocycles. The van der Waals surface area contributed by atoms with Crippen molar-refractivity contribution in [3.05, 3.63) is 12.5 Å². The third-order valence-electron chi connectivity index (χ3n) is 2.61. The summed E-state index contributed by atoms with van der Waals surface area (Å²) in [6.07, 6.45) is 3.48. The average molecular weight is 260 g/mol. The van der Waals surface area contributed by atoms with E-state index in [1.54, 1.807) is 33.9 Å². The Morgan fingerprint density at radius 1 is 0.875 bits per heavy atom. The predicted molar refractivity (Wildman–Crippen MR) is 68.1 cm³/mol. The van der Waals surface area contributed by atoms with Crippen LogP contribution in [0.15, 0.2) is 16.9 Å². The fourth-order valence-corrected chi connectivity index (χ4v) is 6.33. The zero-order valence-electron chi connectivity index (χ0n) is 10.8. The molecule has 0 radical (unpaired) electrons. The molecule has 0 aromatic carbocycles. The fourth-order valence-electron chi connectivity index (χ4n) is 1.69. The molecular formula is C10H20O4Si2. The molecule has 0 saturated carbocycles. The van der Waals surface area contributed by atoms with Crippen LogP contribution >= 0.6 is 0 Å². The van der Waals surface area contributed by atoms with Gasteiger partial charge in [-0.05, 0) is 5.19 Å². The molecule has 0 spiro atoms. The van der Waals surface area contributed by atoms with Crippen LogP contribution < -0.4 is 10.4 Å². The van der Waals surface area contributed by atoms with Gasteiger partial charge < -0.3 is 17.7 Å². The largest absolute Gasteiger partial charge is 0.539 e. The molecule has 0 fully saturated rings. The van der Waals surface area contributed by atoms with Crippen molar-refractivity contribution in [1.29, 1.82) is 0 Å². The van der Waals surface area contributed by atoms with E-state index in [1.165, 1.54) is 5.19 Å². The lowest BCUT2D eigenvalue weighted by Crippen LogP contribution is -2.63. The van der Waals surface area contributed by atoms with Crippen LogP contribution in [-0.4, -0.2) is 38.2 Å². The van der Waals surface area contributed by atoms with E-state index in [1.807, 2.05) is 0 Å². The minimum absolute atomic E-state index is 0.958. The molecule has 6 heteroatoms. The van der Waals surface area contributed by atoms with Gasteiger partial charge in [0.15, 0.2) is 0 Å². The Morgan fingerprint density at radius 2 is 1.31 bits per heavy atom. The van der Waals surface area contributed by atoms with Crippen molar-refractivity contribution in [2.45, 2.75) is 19.6 Å². The van der Waals surface area contributed by atoms with Gasteiger partial charge in [0.1, 0.15) is 0 Å².